The molecule has 0 spiro atoms. The SMILES string of the molecule is Cc1ccc(N(C)C(=O)O)cc1Nc1ncnc(N(Cc2ccccc2)Cc2ccccc2)c1N. The Labute approximate surface area is 204 Å². The van der Waals surface area contributed by atoms with Crippen LogP contribution in [0.5, 0.6) is 0 Å². The number of carbonyl (C=O) groups is 1. The maximum atomic E-state index is 11.4. The van der Waals surface area contributed by atoms with Crippen LogP contribution < -0.4 is 20.9 Å². The van der Waals surface area contributed by atoms with Gasteiger partial charge in [0.15, 0.2) is 11.6 Å². The predicted molar refractivity (Wildman–Crippen MR) is 140 cm³/mol. The fourth-order valence-corrected chi connectivity index (χ4v) is 3.74. The minimum Gasteiger partial charge on any atom is -0.465 e. The number of nitrogens with one attached hydrogen (secondary N) is 1. The van der Waals surface area contributed by atoms with Gasteiger partial charge in [0.2, 0.25) is 0 Å². The van der Waals surface area contributed by atoms with Crippen LogP contribution in [0.3, 0.4) is 0 Å². The summed E-state index contributed by atoms with van der Waals surface area (Å²) in [6.45, 7) is 3.17. The molecule has 1 amide bonds. The molecule has 3 aromatic carbocycles. The summed E-state index contributed by atoms with van der Waals surface area (Å²) in [5.74, 6) is 1.08. The normalized spacial score (nSPS) is 10.6. The summed E-state index contributed by atoms with van der Waals surface area (Å²) in [4.78, 5) is 23.6. The lowest BCUT2D eigenvalue weighted by Gasteiger charge is -2.26. The third-order valence-corrected chi connectivity index (χ3v) is 5.74. The van der Waals surface area contributed by atoms with Crippen LogP contribution in [-0.4, -0.2) is 28.2 Å². The minimum atomic E-state index is -1.04. The van der Waals surface area contributed by atoms with Crippen molar-refractivity contribution in [3.63, 3.8) is 0 Å². The highest BCUT2D eigenvalue weighted by molar-refractivity contribution is 5.87. The molecule has 35 heavy (non-hydrogen) atoms. The van der Waals surface area contributed by atoms with Gasteiger partial charge in [-0.25, -0.2) is 14.8 Å². The molecule has 0 unspecified atom stereocenters. The number of hydrogen-bond acceptors (Lipinski definition) is 6. The predicted octanol–water partition coefficient (Wildman–Crippen LogP) is 5.43. The van der Waals surface area contributed by atoms with Gasteiger partial charge in [0, 0.05) is 31.5 Å². The molecule has 1 heterocycles. The van der Waals surface area contributed by atoms with Crippen LogP contribution in [0, 0.1) is 6.92 Å². The third kappa shape index (κ3) is 5.67. The van der Waals surface area contributed by atoms with Crippen molar-refractivity contribution >= 4 is 34.8 Å². The summed E-state index contributed by atoms with van der Waals surface area (Å²) in [5, 5.41) is 12.6. The highest BCUT2D eigenvalue weighted by Gasteiger charge is 2.18. The number of rotatable bonds is 8. The molecule has 0 saturated carbocycles. The number of carboxylic acid groups (broad SMARTS) is 1. The molecule has 0 saturated heterocycles. The van der Waals surface area contributed by atoms with Gasteiger partial charge in [-0.3, -0.25) is 4.90 Å². The Morgan fingerprint density at radius 2 is 1.54 bits per heavy atom. The summed E-state index contributed by atoms with van der Waals surface area (Å²) >= 11 is 0. The molecule has 1 aromatic heterocycles. The average molecular weight is 469 g/mol. The molecule has 8 heteroatoms. The number of aromatic nitrogens is 2. The van der Waals surface area contributed by atoms with Crippen LogP contribution in [0.1, 0.15) is 16.7 Å². The van der Waals surface area contributed by atoms with Gasteiger partial charge in [-0.05, 0) is 35.7 Å². The van der Waals surface area contributed by atoms with E-state index in [1.54, 1.807) is 12.1 Å². The van der Waals surface area contributed by atoms with E-state index in [9.17, 15) is 9.90 Å². The van der Waals surface area contributed by atoms with Gasteiger partial charge >= 0.3 is 6.09 Å². The summed E-state index contributed by atoms with van der Waals surface area (Å²) < 4.78 is 0. The third-order valence-electron chi connectivity index (χ3n) is 5.74. The van der Waals surface area contributed by atoms with Crippen molar-refractivity contribution in [2.24, 2.45) is 0 Å². The number of benzene rings is 3. The Kier molecular flexibility index (Phi) is 7.11. The smallest absolute Gasteiger partial charge is 0.411 e. The Bertz CT molecular complexity index is 1260. The second-order valence-electron chi connectivity index (χ2n) is 8.25. The lowest BCUT2D eigenvalue weighted by molar-refractivity contribution is 0.203. The van der Waals surface area contributed by atoms with Gasteiger partial charge in [-0.1, -0.05) is 66.7 Å². The molecule has 0 bridgehead atoms. The van der Waals surface area contributed by atoms with E-state index in [1.807, 2.05) is 49.4 Å². The van der Waals surface area contributed by atoms with Gasteiger partial charge in [0.25, 0.3) is 0 Å². The number of aryl methyl sites for hydroxylation is 1. The van der Waals surface area contributed by atoms with Gasteiger partial charge < -0.3 is 21.1 Å². The fourth-order valence-electron chi connectivity index (χ4n) is 3.74. The summed E-state index contributed by atoms with van der Waals surface area (Å²) in [6.07, 6.45) is 0.445. The van der Waals surface area contributed by atoms with E-state index in [-0.39, 0.29) is 0 Å². The molecule has 0 aliphatic rings. The van der Waals surface area contributed by atoms with E-state index in [1.165, 1.54) is 13.4 Å². The minimum absolute atomic E-state index is 0.413. The van der Waals surface area contributed by atoms with Gasteiger partial charge in [-0.15, -0.1) is 0 Å². The Morgan fingerprint density at radius 1 is 0.943 bits per heavy atom. The van der Waals surface area contributed by atoms with Crippen molar-refractivity contribution in [3.8, 4) is 0 Å². The topological polar surface area (TPSA) is 108 Å². The number of nitrogen functional groups attached to an aromatic ring is 1. The molecule has 4 rings (SSSR count). The first-order chi connectivity index (χ1) is 16.9. The average Bonchev–Trinajstić information content (AvgIpc) is 2.87. The standard InChI is InChI=1S/C27H28N6O2/c1-19-13-14-22(32(2)27(34)35)15-23(19)31-25-24(28)26(30-18-29-25)33(16-20-9-5-3-6-10-20)17-21-11-7-4-8-12-21/h3-15,18H,16-17,28H2,1-2H3,(H,34,35)(H,29,30,31). The summed E-state index contributed by atoms with van der Waals surface area (Å²) in [6, 6.07) is 25.7. The van der Waals surface area contributed by atoms with E-state index in [2.05, 4.69) is 44.5 Å². The molecule has 0 atom stereocenters. The summed E-state index contributed by atoms with van der Waals surface area (Å²) in [7, 11) is 1.50. The quantitative estimate of drug-likeness (QED) is 0.316. The van der Waals surface area contributed by atoms with E-state index < -0.39 is 6.09 Å². The molecular formula is C27H28N6O2. The molecule has 178 valence electrons. The van der Waals surface area contributed by atoms with E-state index >= 15 is 0 Å². The molecule has 4 N–H and O–H groups in total. The first-order valence-corrected chi connectivity index (χ1v) is 11.2. The number of hydrogen-bond donors (Lipinski definition) is 3. The zero-order valence-corrected chi connectivity index (χ0v) is 19.7. The first kappa shape index (κ1) is 23.6. The highest BCUT2D eigenvalue weighted by atomic mass is 16.4. The zero-order chi connectivity index (χ0) is 24.8. The number of nitrogens with zero attached hydrogens (tertiary/aromatic N) is 4. The van der Waals surface area contributed by atoms with E-state index in [0.29, 0.717) is 41.8 Å². The lowest BCUT2D eigenvalue weighted by atomic mass is 10.1. The van der Waals surface area contributed by atoms with Crippen molar-refractivity contribution in [3.05, 3.63) is 102 Å². The molecule has 0 aliphatic carbocycles. The van der Waals surface area contributed by atoms with Gasteiger partial charge in [0.1, 0.15) is 12.0 Å². The van der Waals surface area contributed by atoms with Crippen molar-refractivity contribution in [2.75, 3.05) is 27.9 Å². The Morgan fingerprint density at radius 3 is 2.11 bits per heavy atom. The molecule has 8 nitrogen and oxygen atoms in total. The second-order valence-corrected chi connectivity index (χ2v) is 8.25. The molecule has 0 fully saturated rings. The second kappa shape index (κ2) is 10.6. The zero-order valence-electron chi connectivity index (χ0n) is 19.7. The van der Waals surface area contributed by atoms with Crippen LogP contribution in [0.4, 0.5) is 33.5 Å². The van der Waals surface area contributed by atoms with Crippen LogP contribution in [0.25, 0.3) is 0 Å². The number of nitrogens with two attached hydrogens (primary N) is 1. The lowest BCUT2D eigenvalue weighted by Crippen LogP contribution is -2.25. The van der Waals surface area contributed by atoms with Crippen molar-refractivity contribution in [2.45, 2.75) is 20.0 Å². The van der Waals surface area contributed by atoms with Crippen molar-refractivity contribution in [1.29, 1.82) is 0 Å². The fraction of sp³-hybridized carbons (Fsp3) is 0.148. The van der Waals surface area contributed by atoms with Gasteiger partial charge in [0.05, 0.1) is 0 Å². The van der Waals surface area contributed by atoms with Crippen LogP contribution in [0.15, 0.2) is 85.2 Å². The molecular weight excluding hydrogens is 440 g/mol. The number of amides is 1. The Balaban J connectivity index is 1.68. The highest BCUT2D eigenvalue weighted by Crippen LogP contribution is 2.32. The van der Waals surface area contributed by atoms with Crippen LogP contribution >= 0.6 is 0 Å². The van der Waals surface area contributed by atoms with Crippen LogP contribution in [0.2, 0.25) is 0 Å². The summed E-state index contributed by atoms with van der Waals surface area (Å²) in [5.41, 5.74) is 11.5. The monoisotopic (exact) mass is 468 g/mol. The van der Waals surface area contributed by atoms with E-state index in [4.69, 9.17) is 5.73 Å². The number of anilines is 5. The van der Waals surface area contributed by atoms with Crippen molar-refractivity contribution < 1.29 is 9.90 Å². The maximum absolute atomic E-state index is 11.4. The molecule has 4 aromatic rings. The van der Waals surface area contributed by atoms with E-state index in [0.717, 1.165) is 21.6 Å². The van der Waals surface area contributed by atoms with Crippen LogP contribution in [-0.2, 0) is 13.1 Å². The van der Waals surface area contributed by atoms with Gasteiger partial charge in [-0.2, -0.15) is 0 Å². The largest absolute Gasteiger partial charge is 0.465 e. The first-order valence-electron chi connectivity index (χ1n) is 11.2. The van der Waals surface area contributed by atoms with Crippen molar-refractivity contribution in [1.82, 2.24) is 9.97 Å². The Hall–Kier alpha value is -4.59. The molecule has 0 aliphatic heterocycles. The maximum Gasteiger partial charge on any atom is 0.411 e. The molecule has 0 radical (unpaired) electrons.